The van der Waals surface area contributed by atoms with E-state index in [4.69, 9.17) is 4.74 Å². The van der Waals surface area contributed by atoms with E-state index in [0.29, 0.717) is 6.47 Å². The molecule has 0 bridgehead atoms. The molecule has 0 N–H and O–H groups in total. The number of anilines is 1. The summed E-state index contributed by atoms with van der Waals surface area (Å²) in [7, 11) is 0. The Morgan fingerprint density at radius 1 is 1.39 bits per heavy atom. The topological polar surface area (TPSA) is 29.5 Å². The minimum Gasteiger partial charge on any atom is -0.464 e. The third kappa shape index (κ3) is 3.25. The number of aryl methyl sites for hydroxylation is 1. The van der Waals surface area contributed by atoms with Gasteiger partial charge in [-0.1, -0.05) is 25.5 Å². The Kier molecular flexibility index (Phi) is 4.62. The summed E-state index contributed by atoms with van der Waals surface area (Å²) in [6, 6.07) is 8.77. The molecule has 1 aliphatic rings. The monoisotopic (exact) mass is 247 g/mol. The van der Waals surface area contributed by atoms with Gasteiger partial charge in [0, 0.05) is 31.6 Å². The molecule has 1 saturated heterocycles. The van der Waals surface area contributed by atoms with Crippen LogP contribution < -0.4 is 4.90 Å². The highest BCUT2D eigenvalue weighted by Gasteiger charge is 2.20. The highest BCUT2D eigenvalue weighted by molar-refractivity contribution is 5.49. The molecule has 0 radical (unpaired) electrons. The zero-order chi connectivity index (χ0) is 12.8. The molecule has 1 fully saturated rings. The second kappa shape index (κ2) is 6.43. The second-order valence-corrected chi connectivity index (χ2v) is 4.84. The molecule has 1 aromatic rings. The third-order valence-electron chi connectivity index (χ3n) is 3.50. The van der Waals surface area contributed by atoms with E-state index in [2.05, 4.69) is 36.1 Å². The Balaban J connectivity index is 1.96. The summed E-state index contributed by atoms with van der Waals surface area (Å²) >= 11 is 0. The molecule has 1 aliphatic heterocycles. The van der Waals surface area contributed by atoms with E-state index in [-0.39, 0.29) is 6.10 Å². The largest absolute Gasteiger partial charge is 0.464 e. The van der Waals surface area contributed by atoms with E-state index in [1.54, 1.807) is 0 Å². The molecular formula is C15H21NO2. The average Bonchev–Trinajstić information content (AvgIpc) is 2.41. The smallest absolute Gasteiger partial charge is 0.293 e. The number of nitrogens with zero attached hydrogens (tertiary/aromatic N) is 1. The van der Waals surface area contributed by atoms with Crippen LogP contribution in [0.4, 0.5) is 5.69 Å². The number of piperidine rings is 1. The van der Waals surface area contributed by atoms with Crippen LogP contribution in [0.3, 0.4) is 0 Å². The Morgan fingerprint density at radius 2 is 2.17 bits per heavy atom. The van der Waals surface area contributed by atoms with Crippen LogP contribution in [0.15, 0.2) is 24.3 Å². The van der Waals surface area contributed by atoms with Crippen molar-refractivity contribution in [1.82, 2.24) is 0 Å². The van der Waals surface area contributed by atoms with Crippen LogP contribution in [0.1, 0.15) is 31.7 Å². The fourth-order valence-corrected chi connectivity index (χ4v) is 2.53. The lowest BCUT2D eigenvalue weighted by molar-refractivity contribution is -0.134. The Labute approximate surface area is 109 Å². The van der Waals surface area contributed by atoms with Gasteiger partial charge in [-0.15, -0.1) is 0 Å². The van der Waals surface area contributed by atoms with Crippen LogP contribution in [-0.2, 0) is 16.0 Å². The summed E-state index contributed by atoms with van der Waals surface area (Å²) in [6.45, 7) is 4.71. The highest BCUT2D eigenvalue weighted by Crippen LogP contribution is 2.22. The van der Waals surface area contributed by atoms with Gasteiger partial charge >= 0.3 is 0 Å². The van der Waals surface area contributed by atoms with Crippen molar-refractivity contribution in [2.45, 2.75) is 38.7 Å². The molecule has 3 nitrogen and oxygen atoms in total. The summed E-state index contributed by atoms with van der Waals surface area (Å²) < 4.78 is 5.02. The van der Waals surface area contributed by atoms with Crippen molar-refractivity contribution in [1.29, 1.82) is 0 Å². The van der Waals surface area contributed by atoms with E-state index in [1.165, 1.54) is 17.7 Å². The highest BCUT2D eigenvalue weighted by atomic mass is 16.5. The van der Waals surface area contributed by atoms with Gasteiger partial charge in [0.05, 0.1) is 0 Å². The van der Waals surface area contributed by atoms with Crippen molar-refractivity contribution in [3.63, 3.8) is 0 Å². The normalized spacial score (nSPS) is 16.6. The molecule has 1 heterocycles. The third-order valence-corrected chi connectivity index (χ3v) is 3.50. The zero-order valence-corrected chi connectivity index (χ0v) is 11.0. The molecule has 3 heteroatoms. The SMILES string of the molecule is CCCc1cccc(N2CCC(OC=O)CC2)c1. The van der Waals surface area contributed by atoms with Crippen LogP contribution in [0.2, 0.25) is 0 Å². The van der Waals surface area contributed by atoms with Gasteiger partial charge in [-0.05, 0) is 24.1 Å². The van der Waals surface area contributed by atoms with Crippen molar-refractivity contribution in [3.05, 3.63) is 29.8 Å². The molecule has 0 saturated carbocycles. The summed E-state index contributed by atoms with van der Waals surface area (Å²) in [6.07, 6.45) is 4.28. The minimum atomic E-state index is 0.109. The first-order valence-electron chi connectivity index (χ1n) is 6.76. The van der Waals surface area contributed by atoms with E-state index in [9.17, 15) is 4.79 Å². The van der Waals surface area contributed by atoms with Gasteiger partial charge in [0.25, 0.3) is 6.47 Å². The van der Waals surface area contributed by atoms with Crippen LogP contribution in [0.25, 0.3) is 0 Å². The van der Waals surface area contributed by atoms with Gasteiger partial charge in [-0.3, -0.25) is 4.79 Å². The van der Waals surface area contributed by atoms with Crippen molar-refractivity contribution >= 4 is 12.2 Å². The Hall–Kier alpha value is -1.51. The first-order chi connectivity index (χ1) is 8.83. The molecule has 0 atom stereocenters. The van der Waals surface area contributed by atoms with E-state index in [0.717, 1.165) is 32.4 Å². The Morgan fingerprint density at radius 3 is 2.83 bits per heavy atom. The van der Waals surface area contributed by atoms with Gasteiger partial charge in [-0.25, -0.2) is 0 Å². The summed E-state index contributed by atoms with van der Waals surface area (Å²) in [5, 5.41) is 0. The fraction of sp³-hybridized carbons (Fsp3) is 0.533. The molecule has 0 aliphatic carbocycles. The van der Waals surface area contributed by atoms with Gasteiger partial charge in [0.2, 0.25) is 0 Å². The molecule has 0 spiro atoms. The second-order valence-electron chi connectivity index (χ2n) is 4.84. The molecule has 98 valence electrons. The van der Waals surface area contributed by atoms with Gasteiger partial charge in [0.1, 0.15) is 6.10 Å². The van der Waals surface area contributed by atoms with Crippen molar-refractivity contribution in [2.75, 3.05) is 18.0 Å². The molecule has 0 aromatic heterocycles. The van der Waals surface area contributed by atoms with E-state index in [1.807, 2.05) is 0 Å². The zero-order valence-electron chi connectivity index (χ0n) is 11.0. The molecule has 18 heavy (non-hydrogen) atoms. The molecule has 0 unspecified atom stereocenters. The maximum Gasteiger partial charge on any atom is 0.293 e. The van der Waals surface area contributed by atoms with Crippen molar-refractivity contribution in [3.8, 4) is 0 Å². The number of ether oxygens (including phenoxy) is 1. The van der Waals surface area contributed by atoms with Gasteiger partial charge in [-0.2, -0.15) is 0 Å². The maximum absolute atomic E-state index is 10.3. The lowest BCUT2D eigenvalue weighted by Crippen LogP contribution is -2.36. The molecular weight excluding hydrogens is 226 g/mol. The standard InChI is InChI=1S/C15H21NO2/c1-2-4-13-5-3-6-14(11-13)16-9-7-15(8-10-16)18-12-17/h3,5-6,11-12,15H,2,4,7-10H2,1H3. The molecule has 0 amide bonds. The predicted octanol–water partition coefficient (Wildman–Crippen LogP) is 2.78. The summed E-state index contributed by atoms with van der Waals surface area (Å²) in [5.74, 6) is 0. The minimum absolute atomic E-state index is 0.109. The van der Waals surface area contributed by atoms with Gasteiger partial charge in [0.15, 0.2) is 0 Å². The number of hydrogen-bond acceptors (Lipinski definition) is 3. The lowest BCUT2D eigenvalue weighted by Gasteiger charge is -2.32. The van der Waals surface area contributed by atoms with Crippen LogP contribution >= 0.6 is 0 Å². The van der Waals surface area contributed by atoms with Crippen LogP contribution in [0, 0.1) is 0 Å². The molecule has 1 aromatic carbocycles. The van der Waals surface area contributed by atoms with Crippen molar-refractivity contribution < 1.29 is 9.53 Å². The Bertz CT molecular complexity index is 384. The quantitative estimate of drug-likeness (QED) is 0.749. The fourth-order valence-electron chi connectivity index (χ4n) is 2.53. The number of benzene rings is 1. The summed E-state index contributed by atoms with van der Waals surface area (Å²) in [4.78, 5) is 12.7. The molecule has 2 rings (SSSR count). The summed E-state index contributed by atoms with van der Waals surface area (Å²) in [5.41, 5.74) is 2.70. The number of carbonyl (C=O) groups excluding carboxylic acids is 1. The predicted molar refractivity (Wildman–Crippen MR) is 72.8 cm³/mol. The van der Waals surface area contributed by atoms with E-state index >= 15 is 0 Å². The maximum atomic E-state index is 10.3. The van der Waals surface area contributed by atoms with Crippen LogP contribution in [-0.4, -0.2) is 25.7 Å². The average molecular weight is 247 g/mol. The van der Waals surface area contributed by atoms with Gasteiger partial charge < -0.3 is 9.64 Å². The first-order valence-corrected chi connectivity index (χ1v) is 6.76. The first kappa shape index (κ1) is 12.9. The number of carbonyl (C=O) groups is 1. The number of rotatable bonds is 5. The lowest BCUT2D eigenvalue weighted by atomic mass is 10.1. The number of hydrogen-bond donors (Lipinski definition) is 0. The van der Waals surface area contributed by atoms with E-state index < -0.39 is 0 Å². The van der Waals surface area contributed by atoms with Crippen LogP contribution in [0.5, 0.6) is 0 Å². The van der Waals surface area contributed by atoms with Crippen molar-refractivity contribution in [2.24, 2.45) is 0 Å².